The van der Waals surface area contributed by atoms with Gasteiger partial charge < -0.3 is 19.1 Å². The van der Waals surface area contributed by atoms with Crippen LogP contribution in [0.4, 0.5) is 0 Å². The number of likely N-dealkylation sites (tertiary alicyclic amines) is 1. The van der Waals surface area contributed by atoms with Crippen molar-refractivity contribution in [2.45, 2.75) is 51.7 Å². The van der Waals surface area contributed by atoms with E-state index in [1.807, 2.05) is 0 Å². The van der Waals surface area contributed by atoms with Gasteiger partial charge >= 0.3 is 0 Å². The lowest BCUT2D eigenvalue weighted by Gasteiger charge is -2.33. The summed E-state index contributed by atoms with van der Waals surface area (Å²) in [5, 5.41) is 0. The Morgan fingerprint density at radius 1 is 1.04 bits per heavy atom. The van der Waals surface area contributed by atoms with Gasteiger partial charge in [-0.3, -0.25) is 0 Å². The molecule has 0 spiro atoms. The van der Waals surface area contributed by atoms with Crippen molar-refractivity contribution in [3.8, 4) is 5.75 Å². The predicted octanol–water partition coefficient (Wildman–Crippen LogP) is 3.84. The number of hydrogen-bond donors (Lipinski definition) is 0. The molecular formula is C21H33NO3. The second kappa shape index (κ2) is 8.52. The maximum absolute atomic E-state index is 5.90. The average molecular weight is 347 g/mol. The summed E-state index contributed by atoms with van der Waals surface area (Å²) in [5.74, 6) is 1.55. The third kappa shape index (κ3) is 5.44. The Bertz CT molecular complexity index is 509. The number of hydrogen-bond acceptors (Lipinski definition) is 4. The molecular weight excluding hydrogens is 314 g/mol. The first kappa shape index (κ1) is 18.7. The number of nitrogens with zero attached hydrogens (tertiary/aromatic N) is 1. The molecule has 1 aromatic carbocycles. The highest BCUT2D eigenvalue weighted by atomic mass is 16.7. The molecule has 2 aliphatic heterocycles. The second-order valence-corrected chi connectivity index (χ2v) is 8.27. The van der Waals surface area contributed by atoms with Crippen LogP contribution in [0.5, 0.6) is 5.75 Å². The minimum Gasteiger partial charge on any atom is -0.494 e. The van der Waals surface area contributed by atoms with E-state index in [0.717, 1.165) is 51.6 Å². The van der Waals surface area contributed by atoms with Crippen molar-refractivity contribution in [3.63, 3.8) is 0 Å². The fourth-order valence-corrected chi connectivity index (χ4v) is 3.63. The molecule has 0 radical (unpaired) electrons. The summed E-state index contributed by atoms with van der Waals surface area (Å²) in [6.07, 6.45) is 3.49. The Balaban J connectivity index is 1.31. The molecule has 4 heteroatoms. The Labute approximate surface area is 152 Å². The van der Waals surface area contributed by atoms with Gasteiger partial charge in [0, 0.05) is 12.5 Å². The third-order valence-corrected chi connectivity index (χ3v) is 5.27. The molecule has 0 saturated carbocycles. The largest absolute Gasteiger partial charge is 0.494 e. The van der Waals surface area contributed by atoms with Crippen molar-refractivity contribution < 1.29 is 14.2 Å². The van der Waals surface area contributed by atoms with E-state index in [1.54, 1.807) is 0 Å². The molecule has 0 atom stereocenters. The minimum absolute atomic E-state index is 0.0570. The highest BCUT2D eigenvalue weighted by Gasteiger charge is 2.30. The Hall–Kier alpha value is -1.10. The van der Waals surface area contributed by atoms with Crippen LogP contribution >= 0.6 is 0 Å². The summed E-state index contributed by atoms with van der Waals surface area (Å²) in [6.45, 7) is 12.4. The zero-order valence-corrected chi connectivity index (χ0v) is 16.0. The lowest BCUT2D eigenvalue weighted by molar-refractivity contribution is -0.0974. The molecule has 0 aromatic heterocycles. The van der Waals surface area contributed by atoms with Gasteiger partial charge in [0.15, 0.2) is 6.29 Å². The lowest BCUT2D eigenvalue weighted by Crippen LogP contribution is -2.38. The Kier molecular flexibility index (Phi) is 6.37. The van der Waals surface area contributed by atoms with Crippen molar-refractivity contribution in [1.82, 2.24) is 4.90 Å². The van der Waals surface area contributed by atoms with Crippen LogP contribution in [-0.2, 0) is 14.9 Å². The monoisotopic (exact) mass is 347 g/mol. The summed E-state index contributed by atoms with van der Waals surface area (Å²) in [6, 6.07) is 8.53. The van der Waals surface area contributed by atoms with Gasteiger partial charge in [-0.05, 0) is 55.5 Å². The van der Waals surface area contributed by atoms with Crippen LogP contribution in [0.2, 0.25) is 0 Å². The highest BCUT2D eigenvalue weighted by molar-refractivity contribution is 5.31. The molecule has 2 aliphatic rings. The standard InChI is InChI=1S/C21H33NO3/c1-21(2,3)18-5-7-19(8-6-18)23-14-4-11-22-12-9-17(10-13-22)20-24-15-16-25-20/h5-8,17,20H,4,9-16H2,1-3H3. The minimum atomic E-state index is 0.0570. The van der Waals surface area contributed by atoms with Crippen LogP contribution in [0, 0.1) is 5.92 Å². The molecule has 3 rings (SSSR count). The Morgan fingerprint density at radius 3 is 2.28 bits per heavy atom. The zero-order chi connectivity index (χ0) is 17.7. The smallest absolute Gasteiger partial charge is 0.160 e. The van der Waals surface area contributed by atoms with Gasteiger partial charge in [-0.2, -0.15) is 0 Å². The van der Waals surface area contributed by atoms with Gasteiger partial charge in [0.05, 0.1) is 19.8 Å². The van der Waals surface area contributed by atoms with Crippen molar-refractivity contribution in [2.75, 3.05) is 39.5 Å². The van der Waals surface area contributed by atoms with Crippen molar-refractivity contribution in [3.05, 3.63) is 29.8 Å². The average Bonchev–Trinajstić information content (AvgIpc) is 3.13. The van der Waals surface area contributed by atoms with E-state index >= 15 is 0 Å². The first-order chi connectivity index (χ1) is 12.0. The van der Waals surface area contributed by atoms with Gasteiger partial charge in [0.2, 0.25) is 0 Å². The maximum atomic E-state index is 5.90. The zero-order valence-electron chi connectivity index (χ0n) is 16.0. The van der Waals surface area contributed by atoms with Crippen LogP contribution in [0.25, 0.3) is 0 Å². The fraction of sp³-hybridized carbons (Fsp3) is 0.714. The molecule has 0 aliphatic carbocycles. The lowest BCUT2D eigenvalue weighted by atomic mass is 9.87. The molecule has 25 heavy (non-hydrogen) atoms. The first-order valence-corrected chi connectivity index (χ1v) is 9.71. The maximum Gasteiger partial charge on any atom is 0.160 e. The van der Waals surface area contributed by atoms with Gasteiger partial charge in [0.25, 0.3) is 0 Å². The number of piperidine rings is 1. The molecule has 0 bridgehead atoms. The fourth-order valence-electron chi connectivity index (χ4n) is 3.63. The molecule has 2 heterocycles. The van der Waals surface area contributed by atoms with Crippen LogP contribution in [0.15, 0.2) is 24.3 Å². The van der Waals surface area contributed by atoms with Crippen LogP contribution in [-0.4, -0.2) is 50.6 Å². The topological polar surface area (TPSA) is 30.9 Å². The second-order valence-electron chi connectivity index (χ2n) is 8.27. The molecule has 2 fully saturated rings. The quantitative estimate of drug-likeness (QED) is 0.732. The van der Waals surface area contributed by atoms with E-state index < -0.39 is 0 Å². The number of ether oxygens (including phenoxy) is 3. The van der Waals surface area contributed by atoms with Crippen molar-refractivity contribution in [1.29, 1.82) is 0 Å². The van der Waals surface area contributed by atoms with Crippen LogP contribution in [0.3, 0.4) is 0 Å². The van der Waals surface area contributed by atoms with Gasteiger partial charge in [-0.1, -0.05) is 32.9 Å². The van der Waals surface area contributed by atoms with E-state index in [9.17, 15) is 0 Å². The summed E-state index contributed by atoms with van der Waals surface area (Å²) >= 11 is 0. The first-order valence-electron chi connectivity index (χ1n) is 9.71. The summed E-state index contributed by atoms with van der Waals surface area (Å²) in [7, 11) is 0. The van der Waals surface area contributed by atoms with Gasteiger partial charge in [-0.25, -0.2) is 0 Å². The molecule has 0 N–H and O–H groups in total. The number of rotatable bonds is 6. The van der Waals surface area contributed by atoms with Crippen molar-refractivity contribution >= 4 is 0 Å². The molecule has 0 unspecified atom stereocenters. The van der Waals surface area contributed by atoms with E-state index in [0.29, 0.717) is 5.92 Å². The predicted molar refractivity (Wildman–Crippen MR) is 100 cm³/mol. The molecule has 1 aromatic rings. The van der Waals surface area contributed by atoms with E-state index in [-0.39, 0.29) is 11.7 Å². The number of benzene rings is 1. The highest BCUT2D eigenvalue weighted by Crippen LogP contribution is 2.26. The van der Waals surface area contributed by atoms with Crippen molar-refractivity contribution in [2.24, 2.45) is 5.92 Å². The summed E-state index contributed by atoms with van der Waals surface area (Å²) in [4.78, 5) is 2.54. The Morgan fingerprint density at radius 2 is 1.68 bits per heavy atom. The van der Waals surface area contributed by atoms with Crippen LogP contribution in [0.1, 0.15) is 45.6 Å². The summed E-state index contributed by atoms with van der Waals surface area (Å²) < 4.78 is 17.2. The van der Waals surface area contributed by atoms with E-state index in [2.05, 4.69) is 49.9 Å². The molecule has 2 saturated heterocycles. The van der Waals surface area contributed by atoms with Crippen LogP contribution < -0.4 is 4.74 Å². The normalized spacial score (nSPS) is 20.9. The summed E-state index contributed by atoms with van der Waals surface area (Å²) in [5.41, 5.74) is 1.54. The van der Waals surface area contributed by atoms with E-state index in [1.165, 1.54) is 18.4 Å². The SMILES string of the molecule is CC(C)(C)c1ccc(OCCCN2CCC(C3OCCO3)CC2)cc1. The molecule has 140 valence electrons. The molecule has 4 nitrogen and oxygen atoms in total. The molecule has 0 amide bonds. The van der Waals surface area contributed by atoms with Gasteiger partial charge in [0.1, 0.15) is 5.75 Å². The van der Waals surface area contributed by atoms with Gasteiger partial charge in [-0.15, -0.1) is 0 Å². The third-order valence-electron chi connectivity index (χ3n) is 5.27. The van der Waals surface area contributed by atoms with E-state index in [4.69, 9.17) is 14.2 Å².